The van der Waals surface area contributed by atoms with Gasteiger partial charge in [0.1, 0.15) is 11.6 Å². The lowest BCUT2D eigenvalue weighted by molar-refractivity contribution is 0.487. The third-order valence-corrected chi connectivity index (χ3v) is 3.47. The molecule has 0 spiro atoms. The van der Waals surface area contributed by atoms with Gasteiger partial charge in [-0.2, -0.15) is 0 Å². The van der Waals surface area contributed by atoms with Gasteiger partial charge in [-0.1, -0.05) is 23.7 Å². The Morgan fingerprint density at radius 3 is 2.10 bits per heavy atom. The lowest BCUT2D eigenvalue weighted by atomic mass is 10.0. The van der Waals surface area contributed by atoms with Crippen molar-refractivity contribution < 1.29 is 8.78 Å². The molecule has 0 aliphatic rings. The minimum atomic E-state index is -0.566. The summed E-state index contributed by atoms with van der Waals surface area (Å²) in [6, 6.07) is 10.9. The molecule has 2 aromatic carbocycles. The molecule has 1 N–H and O–H groups in total. The zero-order valence-electron chi connectivity index (χ0n) is 11.3. The molecule has 2 aromatic rings. The third-order valence-electron chi connectivity index (χ3n) is 3.23. The molecule has 0 aliphatic heterocycles. The fraction of sp³-hybridized carbons (Fsp3) is 0.250. The van der Waals surface area contributed by atoms with Crippen molar-refractivity contribution >= 4 is 11.6 Å². The minimum Gasteiger partial charge on any atom is -0.304 e. The number of halogens is 3. The Hall–Kier alpha value is -1.45. The Labute approximate surface area is 122 Å². The highest BCUT2D eigenvalue weighted by Gasteiger charge is 2.13. The first-order chi connectivity index (χ1) is 9.45. The first kappa shape index (κ1) is 14.9. The maximum absolute atomic E-state index is 13.2. The third kappa shape index (κ3) is 3.78. The van der Waals surface area contributed by atoms with E-state index in [0.29, 0.717) is 10.6 Å². The second-order valence-electron chi connectivity index (χ2n) is 4.87. The van der Waals surface area contributed by atoms with Gasteiger partial charge in [-0.3, -0.25) is 0 Å². The fourth-order valence-electron chi connectivity index (χ4n) is 2.17. The van der Waals surface area contributed by atoms with Crippen LogP contribution in [0.4, 0.5) is 8.78 Å². The average Bonchev–Trinajstić information content (AvgIpc) is 2.37. The van der Waals surface area contributed by atoms with Crippen LogP contribution in [0.25, 0.3) is 0 Å². The molecule has 1 nitrogen and oxygen atoms in total. The molecule has 0 aromatic heterocycles. The fourth-order valence-corrected chi connectivity index (χ4v) is 2.37. The average molecular weight is 296 g/mol. The molecule has 20 heavy (non-hydrogen) atoms. The summed E-state index contributed by atoms with van der Waals surface area (Å²) >= 11 is 5.96. The first-order valence-electron chi connectivity index (χ1n) is 6.43. The van der Waals surface area contributed by atoms with Crippen molar-refractivity contribution in [2.24, 2.45) is 0 Å². The summed E-state index contributed by atoms with van der Waals surface area (Å²) in [7, 11) is 0. The van der Waals surface area contributed by atoms with Gasteiger partial charge in [-0.05, 0) is 49.2 Å². The molecule has 4 heteroatoms. The van der Waals surface area contributed by atoms with E-state index in [-0.39, 0.29) is 12.1 Å². The molecule has 0 radical (unpaired) electrons. The largest absolute Gasteiger partial charge is 0.304 e. The van der Waals surface area contributed by atoms with Gasteiger partial charge >= 0.3 is 0 Å². The molecule has 2 atom stereocenters. The zero-order chi connectivity index (χ0) is 14.7. The van der Waals surface area contributed by atoms with E-state index in [0.717, 1.165) is 11.6 Å². The molecule has 0 heterocycles. The van der Waals surface area contributed by atoms with Crippen molar-refractivity contribution in [2.45, 2.75) is 25.9 Å². The van der Waals surface area contributed by atoms with Crippen molar-refractivity contribution in [1.82, 2.24) is 5.32 Å². The standard InChI is InChI=1S/C16H16ClF2N/c1-10(12-4-3-5-14(17)6-12)20-11(2)13-7-15(18)9-16(19)8-13/h3-11,20H,1-2H3. The normalized spacial score (nSPS) is 14.1. The van der Waals surface area contributed by atoms with E-state index >= 15 is 0 Å². The molecule has 0 fully saturated rings. The van der Waals surface area contributed by atoms with Crippen LogP contribution in [-0.4, -0.2) is 0 Å². The highest BCUT2D eigenvalue weighted by Crippen LogP contribution is 2.22. The van der Waals surface area contributed by atoms with Crippen molar-refractivity contribution in [1.29, 1.82) is 0 Å². The summed E-state index contributed by atoms with van der Waals surface area (Å²) in [5, 5.41) is 3.97. The number of nitrogens with one attached hydrogen (secondary N) is 1. The molecule has 0 saturated carbocycles. The highest BCUT2D eigenvalue weighted by molar-refractivity contribution is 6.30. The summed E-state index contributed by atoms with van der Waals surface area (Å²) in [5.74, 6) is -1.13. The van der Waals surface area contributed by atoms with Crippen LogP contribution in [-0.2, 0) is 0 Å². The summed E-state index contributed by atoms with van der Waals surface area (Å²) in [5.41, 5.74) is 1.61. The predicted octanol–water partition coefficient (Wildman–Crippen LogP) is 5.03. The predicted molar refractivity (Wildman–Crippen MR) is 77.8 cm³/mol. The van der Waals surface area contributed by atoms with Gasteiger partial charge in [-0.15, -0.1) is 0 Å². The SMILES string of the molecule is CC(NC(C)c1cccc(Cl)c1)c1cc(F)cc(F)c1. The van der Waals surface area contributed by atoms with Gasteiger partial charge in [0.05, 0.1) is 0 Å². The van der Waals surface area contributed by atoms with Crippen molar-refractivity contribution in [3.63, 3.8) is 0 Å². The maximum Gasteiger partial charge on any atom is 0.126 e. The van der Waals surface area contributed by atoms with E-state index < -0.39 is 11.6 Å². The Kier molecular flexibility index (Phi) is 4.73. The first-order valence-corrected chi connectivity index (χ1v) is 6.81. The Morgan fingerprint density at radius 1 is 0.900 bits per heavy atom. The van der Waals surface area contributed by atoms with Crippen LogP contribution in [0.15, 0.2) is 42.5 Å². The van der Waals surface area contributed by atoms with E-state index in [1.807, 2.05) is 38.1 Å². The molecule has 0 saturated heterocycles. The van der Waals surface area contributed by atoms with Gasteiger partial charge in [0.15, 0.2) is 0 Å². The smallest absolute Gasteiger partial charge is 0.126 e. The lowest BCUT2D eigenvalue weighted by Crippen LogP contribution is -2.22. The van der Waals surface area contributed by atoms with E-state index in [1.165, 1.54) is 12.1 Å². The Balaban J connectivity index is 2.12. The second kappa shape index (κ2) is 6.33. The van der Waals surface area contributed by atoms with Crippen LogP contribution in [0, 0.1) is 11.6 Å². The molecule has 2 rings (SSSR count). The monoisotopic (exact) mass is 295 g/mol. The second-order valence-corrected chi connectivity index (χ2v) is 5.30. The summed E-state index contributed by atoms with van der Waals surface area (Å²) in [4.78, 5) is 0. The summed E-state index contributed by atoms with van der Waals surface area (Å²) in [6.45, 7) is 3.85. The molecule has 0 aliphatic carbocycles. The van der Waals surface area contributed by atoms with Crippen molar-refractivity contribution in [3.8, 4) is 0 Å². The van der Waals surface area contributed by atoms with Crippen LogP contribution < -0.4 is 5.32 Å². The van der Waals surface area contributed by atoms with Crippen LogP contribution in [0.3, 0.4) is 0 Å². The van der Waals surface area contributed by atoms with Crippen molar-refractivity contribution in [2.75, 3.05) is 0 Å². The number of hydrogen-bond acceptors (Lipinski definition) is 1. The molecular weight excluding hydrogens is 280 g/mol. The summed E-state index contributed by atoms with van der Waals surface area (Å²) < 4.78 is 26.4. The van der Waals surface area contributed by atoms with Gasteiger partial charge in [0.2, 0.25) is 0 Å². The van der Waals surface area contributed by atoms with E-state index in [9.17, 15) is 8.78 Å². The summed E-state index contributed by atoms with van der Waals surface area (Å²) in [6.07, 6.45) is 0. The molecular formula is C16H16ClF2N. The number of benzene rings is 2. The zero-order valence-corrected chi connectivity index (χ0v) is 12.1. The van der Waals surface area contributed by atoms with Crippen LogP contribution in [0.1, 0.15) is 37.1 Å². The van der Waals surface area contributed by atoms with Crippen LogP contribution in [0.5, 0.6) is 0 Å². The highest BCUT2D eigenvalue weighted by atomic mass is 35.5. The number of hydrogen-bond donors (Lipinski definition) is 1. The van der Waals surface area contributed by atoms with Crippen LogP contribution >= 0.6 is 11.6 Å². The van der Waals surface area contributed by atoms with E-state index in [2.05, 4.69) is 5.32 Å². The van der Waals surface area contributed by atoms with E-state index in [4.69, 9.17) is 11.6 Å². The van der Waals surface area contributed by atoms with Gasteiger partial charge in [-0.25, -0.2) is 8.78 Å². The topological polar surface area (TPSA) is 12.0 Å². The van der Waals surface area contributed by atoms with Gasteiger partial charge < -0.3 is 5.32 Å². The molecule has 0 amide bonds. The number of rotatable bonds is 4. The molecule has 2 unspecified atom stereocenters. The van der Waals surface area contributed by atoms with E-state index in [1.54, 1.807) is 0 Å². The quantitative estimate of drug-likeness (QED) is 0.834. The lowest BCUT2D eigenvalue weighted by Gasteiger charge is -2.21. The Bertz CT molecular complexity index is 581. The molecule has 106 valence electrons. The molecule has 0 bridgehead atoms. The van der Waals surface area contributed by atoms with Crippen molar-refractivity contribution in [3.05, 3.63) is 70.2 Å². The van der Waals surface area contributed by atoms with Crippen LogP contribution in [0.2, 0.25) is 5.02 Å². The van der Waals surface area contributed by atoms with Gasteiger partial charge in [0, 0.05) is 23.2 Å². The Morgan fingerprint density at radius 2 is 1.50 bits per heavy atom. The van der Waals surface area contributed by atoms with Gasteiger partial charge in [0.25, 0.3) is 0 Å². The maximum atomic E-state index is 13.2. The minimum absolute atomic E-state index is 0.0232.